The zero-order chi connectivity index (χ0) is 21.9. The maximum absolute atomic E-state index is 11.1. The second-order valence-corrected chi connectivity index (χ2v) is 7.09. The molecule has 0 radical (unpaired) electrons. The van der Waals surface area contributed by atoms with Crippen LogP contribution in [0.2, 0.25) is 0 Å². The van der Waals surface area contributed by atoms with Gasteiger partial charge in [0.2, 0.25) is 12.2 Å². The predicted molar refractivity (Wildman–Crippen MR) is 122 cm³/mol. The fourth-order valence-corrected chi connectivity index (χ4v) is 3.27. The molecule has 156 valence electrons. The van der Waals surface area contributed by atoms with E-state index in [9.17, 15) is 4.79 Å². The third kappa shape index (κ3) is 7.02. The van der Waals surface area contributed by atoms with Gasteiger partial charge in [-0.05, 0) is 41.7 Å². The topological polar surface area (TPSA) is 97.5 Å². The van der Waals surface area contributed by atoms with Crippen molar-refractivity contribution in [3.8, 4) is 17.3 Å². The Morgan fingerprint density at radius 3 is 2.16 bits per heavy atom. The Hall–Kier alpha value is -4.11. The SMILES string of the molecule is N#C/N=C(/Nc1ccc(-c2ccccc2)cc1)N[C@@H](CCC(=O)O)Cc1ccccc1. The molecule has 1 atom stereocenters. The van der Waals surface area contributed by atoms with Gasteiger partial charge in [-0.3, -0.25) is 4.79 Å². The molecule has 0 aromatic heterocycles. The number of carbonyl (C=O) groups is 1. The zero-order valence-corrected chi connectivity index (χ0v) is 17.0. The molecule has 0 saturated carbocycles. The van der Waals surface area contributed by atoms with Gasteiger partial charge in [0.05, 0.1) is 0 Å². The third-order valence-corrected chi connectivity index (χ3v) is 4.79. The van der Waals surface area contributed by atoms with E-state index in [4.69, 9.17) is 10.4 Å². The zero-order valence-electron chi connectivity index (χ0n) is 17.0. The molecule has 3 aromatic rings. The number of benzene rings is 3. The van der Waals surface area contributed by atoms with Crippen molar-refractivity contribution in [2.45, 2.75) is 25.3 Å². The van der Waals surface area contributed by atoms with E-state index >= 15 is 0 Å². The van der Waals surface area contributed by atoms with Crippen molar-refractivity contribution in [2.24, 2.45) is 4.99 Å². The molecule has 0 aliphatic carbocycles. The Kier molecular flexibility index (Phi) is 7.78. The number of nitrogens with zero attached hydrogens (tertiary/aromatic N) is 2. The van der Waals surface area contributed by atoms with Gasteiger partial charge in [0.25, 0.3) is 0 Å². The van der Waals surface area contributed by atoms with Crippen molar-refractivity contribution in [2.75, 3.05) is 5.32 Å². The van der Waals surface area contributed by atoms with Crippen molar-refractivity contribution < 1.29 is 9.90 Å². The lowest BCUT2D eigenvalue weighted by Gasteiger charge is -2.21. The summed E-state index contributed by atoms with van der Waals surface area (Å²) in [6.45, 7) is 0. The highest BCUT2D eigenvalue weighted by Crippen LogP contribution is 2.21. The summed E-state index contributed by atoms with van der Waals surface area (Å²) >= 11 is 0. The molecule has 6 heteroatoms. The molecule has 3 aromatic carbocycles. The largest absolute Gasteiger partial charge is 0.481 e. The summed E-state index contributed by atoms with van der Waals surface area (Å²) in [5, 5.41) is 24.5. The van der Waals surface area contributed by atoms with E-state index in [-0.39, 0.29) is 12.5 Å². The molecule has 6 nitrogen and oxygen atoms in total. The van der Waals surface area contributed by atoms with Gasteiger partial charge >= 0.3 is 5.97 Å². The van der Waals surface area contributed by atoms with Gasteiger partial charge in [0.15, 0.2) is 0 Å². The van der Waals surface area contributed by atoms with E-state index in [1.165, 1.54) is 0 Å². The Balaban J connectivity index is 1.71. The minimum absolute atomic E-state index is 0.0239. The van der Waals surface area contributed by atoms with Crippen LogP contribution in [0.3, 0.4) is 0 Å². The highest BCUT2D eigenvalue weighted by atomic mass is 16.4. The van der Waals surface area contributed by atoms with Crippen molar-refractivity contribution in [3.05, 3.63) is 90.5 Å². The third-order valence-electron chi connectivity index (χ3n) is 4.79. The number of hydrogen-bond acceptors (Lipinski definition) is 3. The standard InChI is InChI=1S/C25H24N4O2/c26-18-27-25(28-22-13-11-21(12-14-22)20-9-5-2-6-10-20)29-23(15-16-24(30)31)17-19-7-3-1-4-8-19/h1-14,23H,15-17H2,(H,30,31)(H2,27,28,29)/t23-/m0/s1. The number of aliphatic carboxylic acids is 1. The molecule has 0 bridgehead atoms. The molecule has 0 heterocycles. The van der Waals surface area contributed by atoms with Crippen molar-refractivity contribution in [1.82, 2.24) is 5.32 Å². The number of hydrogen-bond donors (Lipinski definition) is 3. The monoisotopic (exact) mass is 412 g/mol. The van der Waals surface area contributed by atoms with Crippen LogP contribution in [0.4, 0.5) is 5.69 Å². The number of guanidine groups is 1. The van der Waals surface area contributed by atoms with Gasteiger partial charge in [-0.2, -0.15) is 5.26 Å². The summed E-state index contributed by atoms with van der Waals surface area (Å²) in [6, 6.07) is 27.5. The Morgan fingerprint density at radius 2 is 1.55 bits per heavy atom. The number of nitriles is 1. The summed E-state index contributed by atoms with van der Waals surface area (Å²) in [6.07, 6.45) is 2.85. The van der Waals surface area contributed by atoms with Gasteiger partial charge in [0.1, 0.15) is 0 Å². The van der Waals surface area contributed by atoms with Crippen LogP contribution in [0.1, 0.15) is 18.4 Å². The molecular formula is C25H24N4O2. The lowest BCUT2D eigenvalue weighted by atomic mass is 10.0. The van der Waals surface area contributed by atoms with Crippen LogP contribution in [0.15, 0.2) is 89.9 Å². The lowest BCUT2D eigenvalue weighted by molar-refractivity contribution is -0.137. The number of anilines is 1. The van der Waals surface area contributed by atoms with Crippen molar-refractivity contribution >= 4 is 17.6 Å². The minimum atomic E-state index is -0.858. The van der Waals surface area contributed by atoms with Crippen molar-refractivity contribution in [3.63, 3.8) is 0 Å². The predicted octanol–water partition coefficient (Wildman–Crippen LogP) is 4.67. The van der Waals surface area contributed by atoms with Crippen LogP contribution in [0, 0.1) is 11.5 Å². The first-order chi connectivity index (χ1) is 15.1. The first-order valence-electron chi connectivity index (χ1n) is 10.1. The number of carboxylic acid groups (broad SMARTS) is 1. The second kappa shape index (κ2) is 11.2. The number of aliphatic imine (C=N–C) groups is 1. The van der Waals surface area contributed by atoms with Crippen LogP contribution < -0.4 is 10.6 Å². The molecule has 0 spiro atoms. The van der Waals surface area contributed by atoms with Crippen LogP contribution >= 0.6 is 0 Å². The molecule has 0 saturated heterocycles. The minimum Gasteiger partial charge on any atom is -0.481 e. The summed E-state index contributed by atoms with van der Waals surface area (Å²) in [7, 11) is 0. The summed E-state index contributed by atoms with van der Waals surface area (Å²) in [5.41, 5.74) is 4.06. The van der Waals surface area contributed by atoms with Crippen LogP contribution in [-0.2, 0) is 11.2 Å². The highest BCUT2D eigenvalue weighted by Gasteiger charge is 2.14. The van der Waals surface area contributed by atoms with Gasteiger partial charge in [-0.1, -0.05) is 72.8 Å². The smallest absolute Gasteiger partial charge is 0.303 e. The summed E-state index contributed by atoms with van der Waals surface area (Å²) in [5.74, 6) is -0.565. The van der Waals surface area contributed by atoms with Crippen LogP contribution in [-0.4, -0.2) is 23.1 Å². The molecule has 3 rings (SSSR count). The fourth-order valence-electron chi connectivity index (χ4n) is 3.27. The average Bonchev–Trinajstić information content (AvgIpc) is 2.79. The molecule has 0 aliphatic heterocycles. The molecule has 0 fully saturated rings. The molecular weight excluding hydrogens is 388 g/mol. The number of rotatable bonds is 8. The molecule has 0 amide bonds. The summed E-state index contributed by atoms with van der Waals surface area (Å²) in [4.78, 5) is 14.9. The fraction of sp³-hybridized carbons (Fsp3) is 0.160. The molecule has 0 unspecified atom stereocenters. The first kappa shape index (κ1) is 21.6. The Bertz CT molecular complexity index is 1040. The maximum Gasteiger partial charge on any atom is 0.303 e. The van der Waals surface area contributed by atoms with Gasteiger partial charge < -0.3 is 15.7 Å². The Morgan fingerprint density at radius 1 is 0.935 bits per heavy atom. The Labute approximate surface area is 181 Å². The normalized spacial score (nSPS) is 11.9. The summed E-state index contributed by atoms with van der Waals surface area (Å²) < 4.78 is 0. The van der Waals surface area contributed by atoms with E-state index in [0.717, 1.165) is 22.4 Å². The van der Waals surface area contributed by atoms with Crippen LogP contribution in [0.5, 0.6) is 0 Å². The van der Waals surface area contributed by atoms with Crippen molar-refractivity contribution in [1.29, 1.82) is 5.26 Å². The van der Waals surface area contributed by atoms with E-state index in [1.54, 1.807) is 6.19 Å². The quantitative estimate of drug-likeness (QED) is 0.284. The maximum atomic E-state index is 11.1. The molecule has 3 N–H and O–H groups in total. The second-order valence-electron chi connectivity index (χ2n) is 7.09. The molecule has 0 aliphatic rings. The van der Waals surface area contributed by atoms with E-state index < -0.39 is 5.97 Å². The van der Waals surface area contributed by atoms with E-state index in [2.05, 4.69) is 15.6 Å². The number of nitrogens with one attached hydrogen (secondary N) is 2. The highest BCUT2D eigenvalue weighted by molar-refractivity contribution is 5.94. The lowest BCUT2D eigenvalue weighted by Crippen LogP contribution is -2.40. The average molecular weight is 412 g/mol. The number of carboxylic acids is 1. The van der Waals surface area contributed by atoms with Gasteiger partial charge in [0, 0.05) is 18.2 Å². The molecule has 31 heavy (non-hydrogen) atoms. The van der Waals surface area contributed by atoms with Gasteiger partial charge in [-0.25, -0.2) is 0 Å². The first-order valence-corrected chi connectivity index (χ1v) is 10.1. The van der Waals surface area contributed by atoms with E-state index in [1.807, 2.05) is 84.9 Å². The van der Waals surface area contributed by atoms with Gasteiger partial charge in [-0.15, -0.1) is 4.99 Å². The van der Waals surface area contributed by atoms with Crippen LogP contribution in [0.25, 0.3) is 11.1 Å². The van der Waals surface area contributed by atoms with E-state index in [0.29, 0.717) is 18.8 Å².